The molecule has 3 nitrogen and oxygen atoms in total. The third-order valence-corrected chi connectivity index (χ3v) is 5.36. The summed E-state index contributed by atoms with van der Waals surface area (Å²) in [5, 5.41) is 2.77. The van der Waals surface area contributed by atoms with Crippen molar-refractivity contribution in [2.45, 2.75) is 32.2 Å². The van der Waals surface area contributed by atoms with Crippen molar-refractivity contribution in [2.24, 2.45) is 11.3 Å². The van der Waals surface area contributed by atoms with Gasteiger partial charge in [0, 0.05) is 31.6 Å². The van der Waals surface area contributed by atoms with Crippen LogP contribution in [0.4, 0.5) is 8.78 Å². The highest BCUT2D eigenvalue weighted by Crippen LogP contribution is 2.50. The van der Waals surface area contributed by atoms with Gasteiger partial charge in [-0.3, -0.25) is 9.69 Å². The van der Waals surface area contributed by atoms with Crippen LogP contribution in [0.1, 0.15) is 31.2 Å². The quantitative estimate of drug-likeness (QED) is 0.931. The molecule has 1 aliphatic carbocycles. The number of carbonyl (C=O) groups is 1. The zero-order valence-electron chi connectivity index (χ0n) is 12.9. The number of carbonyl (C=O) groups excluding carboxylic acids is 1. The summed E-state index contributed by atoms with van der Waals surface area (Å²) in [5.74, 6) is -1.37. The molecule has 1 saturated carbocycles. The lowest BCUT2D eigenvalue weighted by molar-refractivity contribution is -0.127. The Morgan fingerprint density at radius 2 is 2.23 bits per heavy atom. The molecule has 1 saturated heterocycles. The average molecular weight is 308 g/mol. The van der Waals surface area contributed by atoms with E-state index >= 15 is 0 Å². The Morgan fingerprint density at radius 3 is 3.00 bits per heavy atom. The van der Waals surface area contributed by atoms with Crippen molar-refractivity contribution in [3.63, 3.8) is 0 Å². The Balaban J connectivity index is 1.72. The molecule has 1 amide bonds. The Bertz CT molecular complexity index is 578. The summed E-state index contributed by atoms with van der Waals surface area (Å²) in [7, 11) is 1.68. The van der Waals surface area contributed by atoms with Gasteiger partial charge >= 0.3 is 0 Å². The van der Waals surface area contributed by atoms with Crippen molar-refractivity contribution in [3.8, 4) is 0 Å². The second-order valence-electron chi connectivity index (χ2n) is 6.60. The van der Waals surface area contributed by atoms with Crippen LogP contribution < -0.4 is 5.32 Å². The summed E-state index contributed by atoms with van der Waals surface area (Å²) in [4.78, 5) is 14.3. The second kappa shape index (κ2) is 5.95. The van der Waals surface area contributed by atoms with Crippen LogP contribution >= 0.6 is 0 Å². The Kier molecular flexibility index (Phi) is 4.17. The van der Waals surface area contributed by atoms with E-state index in [-0.39, 0.29) is 17.2 Å². The molecule has 1 aliphatic heterocycles. The standard InChI is InChI=1S/C17H22F2N2O/c1-20-16(22)13-5-3-7-17(13)8-9-21(11-17)10-12-4-2-6-14(18)15(12)19/h2,4,6,13H,3,5,7-11H2,1H3,(H,20,22)/t13-,17+/m1/s1. The molecule has 22 heavy (non-hydrogen) atoms. The third kappa shape index (κ3) is 2.62. The Labute approximate surface area is 129 Å². The Hall–Kier alpha value is -1.49. The van der Waals surface area contributed by atoms with Gasteiger partial charge in [0.05, 0.1) is 0 Å². The smallest absolute Gasteiger partial charge is 0.223 e. The zero-order valence-corrected chi connectivity index (χ0v) is 12.9. The van der Waals surface area contributed by atoms with Gasteiger partial charge in [-0.2, -0.15) is 0 Å². The minimum absolute atomic E-state index is 0.0178. The largest absolute Gasteiger partial charge is 0.359 e. The van der Waals surface area contributed by atoms with Crippen molar-refractivity contribution in [2.75, 3.05) is 20.1 Å². The van der Waals surface area contributed by atoms with Gasteiger partial charge in [-0.15, -0.1) is 0 Å². The van der Waals surface area contributed by atoms with Crippen molar-refractivity contribution in [3.05, 3.63) is 35.4 Å². The summed E-state index contributed by atoms with van der Waals surface area (Å²) < 4.78 is 27.1. The average Bonchev–Trinajstić information content (AvgIpc) is 3.11. The lowest BCUT2D eigenvalue weighted by Crippen LogP contribution is -2.39. The number of benzene rings is 1. The van der Waals surface area contributed by atoms with Gasteiger partial charge in [0.2, 0.25) is 5.91 Å². The first-order valence-electron chi connectivity index (χ1n) is 7.92. The molecule has 0 radical (unpaired) electrons. The van der Waals surface area contributed by atoms with Gasteiger partial charge < -0.3 is 5.32 Å². The monoisotopic (exact) mass is 308 g/mol. The number of likely N-dealkylation sites (tertiary alicyclic amines) is 1. The van der Waals surface area contributed by atoms with Crippen LogP contribution in [0.25, 0.3) is 0 Å². The van der Waals surface area contributed by atoms with Crippen molar-refractivity contribution in [1.82, 2.24) is 10.2 Å². The molecule has 3 rings (SSSR count). The van der Waals surface area contributed by atoms with Crippen molar-refractivity contribution < 1.29 is 13.6 Å². The topological polar surface area (TPSA) is 32.3 Å². The minimum Gasteiger partial charge on any atom is -0.359 e. The number of halogens is 2. The zero-order chi connectivity index (χ0) is 15.7. The van der Waals surface area contributed by atoms with Crippen LogP contribution in [0.3, 0.4) is 0 Å². The molecule has 2 aliphatic rings. The maximum atomic E-state index is 13.8. The van der Waals surface area contributed by atoms with Gasteiger partial charge in [-0.25, -0.2) is 8.78 Å². The fourth-order valence-electron chi connectivity index (χ4n) is 4.24. The predicted octanol–water partition coefficient (Wildman–Crippen LogP) is 2.70. The molecule has 1 heterocycles. The summed E-state index contributed by atoms with van der Waals surface area (Å²) >= 11 is 0. The normalized spacial score (nSPS) is 28.4. The highest BCUT2D eigenvalue weighted by atomic mass is 19.2. The summed E-state index contributed by atoms with van der Waals surface area (Å²) in [6, 6.07) is 4.32. The third-order valence-electron chi connectivity index (χ3n) is 5.36. The van der Waals surface area contributed by atoms with Crippen LogP contribution in [0.2, 0.25) is 0 Å². The molecule has 1 N–H and O–H groups in total. The molecule has 1 spiro atoms. The van der Waals surface area contributed by atoms with Crippen LogP contribution in [0.5, 0.6) is 0 Å². The molecular formula is C17H22F2N2O. The molecular weight excluding hydrogens is 286 g/mol. The van der Waals surface area contributed by atoms with Gasteiger partial charge in [0.15, 0.2) is 11.6 Å². The highest BCUT2D eigenvalue weighted by Gasteiger charge is 2.49. The molecule has 0 unspecified atom stereocenters. The fraction of sp³-hybridized carbons (Fsp3) is 0.588. The van der Waals surface area contributed by atoms with Gasteiger partial charge in [0.1, 0.15) is 0 Å². The lowest BCUT2D eigenvalue weighted by Gasteiger charge is -2.30. The van der Waals surface area contributed by atoms with E-state index in [1.54, 1.807) is 19.2 Å². The van der Waals surface area contributed by atoms with E-state index < -0.39 is 11.6 Å². The van der Waals surface area contributed by atoms with Crippen molar-refractivity contribution >= 4 is 5.91 Å². The van der Waals surface area contributed by atoms with E-state index in [1.165, 1.54) is 0 Å². The first kappa shape index (κ1) is 15.4. The number of hydrogen-bond acceptors (Lipinski definition) is 2. The molecule has 120 valence electrons. The van der Waals surface area contributed by atoms with Gasteiger partial charge in [-0.1, -0.05) is 18.6 Å². The maximum absolute atomic E-state index is 13.8. The summed E-state index contributed by atoms with van der Waals surface area (Å²) in [6.45, 7) is 2.04. The highest BCUT2D eigenvalue weighted by molar-refractivity contribution is 5.79. The molecule has 2 fully saturated rings. The predicted molar refractivity (Wildman–Crippen MR) is 80.1 cm³/mol. The van der Waals surface area contributed by atoms with Crippen LogP contribution in [-0.2, 0) is 11.3 Å². The van der Waals surface area contributed by atoms with E-state index in [0.717, 1.165) is 44.8 Å². The number of rotatable bonds is 3. The van der Waals surface area contributed by atoms with Crippen LogP contribution in [-0.4, -0.2) is 30.9 Å². The Morgan fingerprint density at radius 1 is 1.41 bits per heavy atom. The molecule has 1 aromatic rings. The summed E-state index contributed by atoms with van der Waals surface area (Å²) in [5.41, 5.74) is 0.413. The van der Waals surface area contributed by atoms with Gasteiger partial charge in [0.25, 0.3) is 0 Å². The van der Waals surface area contributed by atoms with Crippen LogP contribution in [0.15, 0.2) is 18.2 Å². The molecule has 0 aromatic heterocycles. The first-order valence-corrected chi connectivity index (χ1v) is 7.92. The number of amides is 1. The van der Waals surface area contributed by atoms with Crippen molar-refractivity contribution in [1.29, 1.82) is 0 Å². The lowest BCUT2D eigenvalue weighted by atomic mass is 9.76. The van der Waals surface area contributed by atoms with Gasteiger partial charge in [-0.05, 0) is 37.3 Å². The molecule has 1 aromatic carbocycles. The molecule has 0 bridgehead atoms. The SMILES string of the molecule is CNC(=O)[C@H]1CCC[C@@]12CCN(Cc1cccc(F)c1F)C2. The van der Waals surface area contributed by atoms with E-state index in [2.05, 4.69) is 10.2 Å². The molecule has 5 heteroatoms. The fourth-order valence-corrected chi connectivity index (χ4v) is 4.24. The van der Waals surface area contributed by atoms with Crippen LogP contribution in [0, 0.1) is 23.0 Å². The number of hydrogen-bond donors (Lipinski definition) is 1. The van der Waals surface area contributed by atoms with E-state index in [9.17, 15) is 13.6 Å². The molecule has 2 atom stereocenters. The van der Waals surface area contributed by atoms with E-state index in [4.69, 9.17) is 0 Å². The maximum Gasteiger partial charge on any atom is 0.223 e. The number of nitrogens with zero attached hydrogens (tertiary/aromatic N) is 1. The number of nitrogens with one attached hydrogen (secondary N) is 1. The second-order valence-corrected chi connectivity index (χ2v) is 6.60. The van der Waals surface area contributed by atoms with E-state index in [0.29, 0.717) is 12.1 Å². The first-order chi connectivity index (χ1) is 10.6. The van der Waals surface area contributed by atoms with E-state index in [1.807, 2.05) is 0 Å². The minimum atomic E-state index is -0.796. The summed E-state index contributed by atoms with van der Waals surface area (Å²) in [6.07, 6.45) is 4.01.